The number of hydrogen-bond donors (Lipinski definition) is 1. The molecular formula is C17H18FN3. The van der Waals surface area contributed by atoms with Gasteiger partial charge in [-0.1, -0.05) is 31.2 Å². The molecule has 4 heteroatoms. The Balaban J connectivity index is 1.59. The second kappa shape index (κ2) is 4.79. The summed E-state index contributed by atoms with van der Waals surface area (Å²) < 4.78 is 14.2. The molecule has 1 heterocycles. The number of anilines is 1. The molecule has 0 radical (unpaired) electrons. The smallest absolute Gasteiger partial charge is 0.186 e. The van der Waals surface area contributed by atoms with E-state index < -0.39 is 0 Å². The number of hydrogen-bond acceptors (Lipinski definition) is 3. The average molecular weight is 283 g/mol. The Hall–Kier alpha value is -1.97. The maximum Gasteiger partial charge on any atom is 0.186 e. The summed E-state index contributed by atoms with van der Waals surface area (Å²) in [6, 6.07) is 8.92. The van der Waals surface area contributed by atoms with Crippen molar-refractivity contribution in [2.45, 2.75) is 38.1 Å². The van der Waals surface area contributed by atoms with Crippen LogP contribution in [0.15, 0.2) is 30.6 Å². The standard InChI is InChI=1S/C17H18FN3/c1-2-13-15(18)17(20-9-19-13)21-16-12-8-7-10-5-3-4-6-11(10)14(12)16/h3-6,9,12,14,16H,2,7-8H2,1H3,(H,19,20,21). The Kier molecular flexibility index (Phi) is 2.91. The molecule has 2 aliphatic rings. The van der Waals surface area contributed by atoms with Crippen molar-refractivity contribution < 1.29 is 4.39 Å². The molecule has 1 aromatic carbocycles. The number of aromatic nitrogens is 2. The van der Waals surface area contributed by atoms with E-state index in [0.717, 1.165) is 6.42 Å². The van der Waals surface area contributed by atoms with Crippen LogP contribution in [0, 0.1) is 11.7 Å². The van der Waals surface area contributed by atoms with E-state index in [9.17, 15) is 4.39 Å². The van der Waals surface area contributed by atoms with E-state index in [-0.39, 0.29) is 5.82 Å². The van der Waals surface area contributed by atoms with Crippen LogP contribution in [0.1, 0.15) is 36.1 Å². The van der Waals surface area contributed by atoms with Gasteiger partial charge in [0.15, 0.2) is 11.6 Å². The highest BCUT2D eigenvalue weighted by Gasteiger charge is 2.53. The van der Waals surface area contributed by atoms with Gasteiger partial charge in [0, 0.05) is 12.0 Å². The lowest BCUT2D eigenvalue weighted by Gasteiger charge is -2.13. The fraction of sp³-hybridized carbons (Fsp3) is 0.412. The van der Waals surface area contributed by atoms with Gasteiger partial charge in [0.05, 0.1) is 5.69 Å². The van der Waals surface area contributed by atoms with Gasteiger partial charge in [-0.25, -0.2) is 14.4 Å². The summed E-state index contributed by atoms with van der Waals surface area (Å²) in [6.07, 6.45) is 4.34. The largest absolute Gasteiger partial charge is 0.364 e. The van der Waals surface area contributed by atoms with Crippen LogP contribution >= 0.6 is 0 Å². The van der Waals surface area contributed by atoms with E-state index in [1.807, 2.05) is 6.92 Å². The van der Waals surface area contributed by atoms with Gasteiger partial charge in [-0.05, 0) is 36.3 Å². The minimum atomic E-state index is -0.295. The third-order valence-electron chi connectivity index (χ3n) is 4.83. The van der Waals surface area contributed by atoms with Crippen molar-refractivity contribution in [2.24, 2.45) is 5.92 Å². The van der Waals surface area contributed by atoms with E-state index in [1.165, 1.54) is 23.9 Å². The predicted octanol–water partition coefficient (Wildman–Crippen LogP) is 3.32. The lowest BCUT2D eigenvalue weighted by Crippen LogP contribution is -2.11. The minimum absolute atomic E-state index is 0.295. The number of benzene rings is 1. The molecule has 2 aromatic rings. The molecule has 3 unspecified atom stereocenters. The van der Waals surface area contributed by atoms with Gasteiger partial charge in [0.1, 0.15) is 6.33 Å². The zero-order valence-corrected chi connectivity index (χ0v) is 12.0. The number of nitrogens with zero attached hydrogens (tertiary/aromatic N) is 2. The van der Waals surface area contributed by atoms with Gasteiger partial charge in [-0.3, -0.25) is 0 Å². The molecular weight excluding hydrogens is 265 g/mol. The van der Waals surface area contributed by atoms with Gasteiger partial charge in [-0.2, -0.15) is 0 Å². The number of nitrogens with one attached hydrogen (secondary N) is 1. The summed E-state index contributed by atoms with van der Waals surface area (Å²) in [6.45, 7) is 1.91. The Morgan fingerprint density at radius 2 is 2.14 bits per heavy atom. The second-order valence-electron chi connectivity index (χ2n) is 5.93. The molecule has 4 rings (SSSR count). The fourth-order valence-corrected chi connectivity index (χ4v) is 3.67. The van der Waals surface area contributed by atoms with Gasteiger partial charge in [0.25, 0.3) is 0 Å². The summed E-state index contributed by atoms with van der Waals surface area (Å²) in [7, 11) is 0. The third-order valence-corrected chi connectivity index (χ3v) is 4.83. The Morgan fingerprint density at radius 3 is 3.00 bits per heavy atom. The zero-order chi connectivity index (χ0) is 14.4. The highest BCUT2D eigenvalue weighted by Crippen LogP contribution is 2.55. The maximum absolute atomic E-state index is 14.2. The van der Waals surface area contributed by atoms with Crippen LogP contribution in [0.4, 0.5) is 10.2 Å². The summed E-state index contributed by atoms with van der Waals surface area (Å²) in [5.41, 5.74) is 3.36. The van der Waals surface area contributed by atoms with Crippen molar-refractivity contribution in [1.82, 2.24) is 9.97 Å². The molecule has 1 aromatic heterocycles. The molecule has 0 bridgehead atoms. The van der Waals surface area contributed by atoms with Gasteiger partial charge < -0.3 is 5.32 Å². The molecule has 0 aliphatic heterocycles. The number of aryl methyl sites for hydroxylation is 2. The van der Waals surface area contributed by atoms with Crippen LogP contribution in [0.25, 0.3) is 0 Å². The summed E-state index contributed by atoms with van der Waals surface area (Å²) in [5, 5.41) is 3.32. The molecule has 0 amide bonds. The maximum atomic E-state index is 14.2. The molecule has 1 N–H and O–H groups in total. The third kappa shape index (κ3) is 2.01. The Bertz CT molecular complexity index is 685. The van der Waals surface area contributed by atoms with E-state index >= 15 is 0 Å². The van der Waals surface area contributed by atoms with E-state index in [4.69, 9.17) is 0 Å². The molecule has 1 fully saturated rings. The molecule has 3 atom stereocenters. The number of rotatable bonds is 3. The van der Waals surface area contributed by atoms with Crippen molar-refractivity contribution in [3.8, 4) is 0 Å². The zero-order valence-electron chi connectivity index (χ0n) is 12.0. The molecule has 108 valence electrons. The van der Waals surface area contributed by atoms with E-state index in [0.29, 0.717) is 35.8 Å². The van der Waals surface area contributed by atoms with Gasteiger partial charge in [0.2, 0.25) is 0 Å². The van der Waals surface area contributed by atoms with Crippen LogP contribution in [-0.4, -0.2) is 16.0 Å². The molecule has 3 nitrogen and oxygen atoms in total. The van der Waals surface area contributed by atoms with Crippen molar-refractivity contribution in [3.05, 3.63) is 53.2 Å². The van der Waals surface area contributed by atoms with Crippen molar-refractivity contribution in [2.75, 3.05) is 5.32 Å². The molecule has 2 aliphatic carbocycles. The molecule has 0 spiro atoms. The van der Waals surface area contributed by atoms with Crippen LogP contribution in [0.2, 0.25) is 0 Å². The summed E-state index contributed by atoms with van der Waals surface area (Å²) in [5.74, 6) is 1.18. The number of fused-ring (bicyclic) bond motifs is 3. The van der Waals surface area contributed by atoms with Crippen molar-refractivity contribution in [1.29, 1.82) is 0 Å². The SMILES string of the molecule is CCc1ncnc(NC2C3CCc4ccccc4C32)c1F. The average Bonchev–Trinajstić information content (AvgIpc) is 3.23. The topological polar surface area (TPSA) is 37.8 Å². The van der Waals surface area contributed by atoms with Crippen molar-refractivity contribution >= 4 is 5.82 Å². The Morgan fingerprint density at radius 1 is 1.29 bits per heavy atom. The highest BCUT2D eigenvalue weighted by atomic mass is 19.1. The first-order valence-corrected chi connectivity index (χ1v) is 7.63. The van der Waals surface area contributed by atoms with Crippen LogP contribution < -0.4 is 5.32 Å². The van der Waals surface area contributed by atoms with Gasteiger partial charge in [-0.15, -0.1) is 0 Å². The van der Waals surface area contributed by atoms with E-state index in [1.54, 1.807) is 0 Å². The second-order valence-corrected chi connectivity index (χ2v) is 5.93. The fourth-order valence-electron chi connectivity index (χ4n) is 3.67. The molecule has 0 saturated heterocycles. The Labute approximate surface area is 123 Å². The molecule has 21 heavy (non-hydrogen) atoms. The van der Waals surface area contributed by atoms with Crippen molar-refractivity contribution in [3.63, 3.8) is 0 Å². The summed E-state index contributed by atoms with van der Waals surface area (Å²) >= 11 is 0. The number of halogens is 1. The molecule has 1 saturated carbocycles. The monoisotopic (exact) mass is 283 g/mol. The highest BCUT2D eigenvalue weighted by molar-refractivity contribution is 5.48. The normalized spacial score (nSPS) is 25.9. The van der Waals surface area contributed by atoms with Crippen LogP contribution in [0.3, 0.4) is 0 Å². The first kappa shape index (κ1) is 12.7. The van der Waals surface area contributed by atoms with Crippen LogP contribution in [0.5, 0.6) is 0 Å². The lowest BCUT2D eigenvalue weighted by molar-refractivity contribution is 0.595. The lowest BCUT2D eigenvalue weighted by atomic mass is 9.92. The first-order valence-electron chi connectivity index (χ1n) is 7.63. The van der Waals surface area contributed by atoms with E-state index in [2.05, 4.69) is 39.6 Å². The first-order chi connectivity index (χ1) is 10.3. The minimum Gasteiger partial charge on any atom is -0.364 e. The summed E-state index contributed by atoms with van der Waals surface area (Å²) in [4.78, 5) is 8.07. The van der Waals surface area contributed by atoms with Crippen LogP contribution in [-0.2, 0) is 12.8 Å². The quantitative estimate of drug-likeness (QED) is 0.939. The predicted molar refractivity (Wildman–Crippen MR) is 79.8 cm³/mol. The van der Waals surface area contributed by atoms with Gasteiger partial charge >= 0.3 is 0 Å².